The van der Waals surface area contributed by atoms with Gasteiger partial charge in [0.2, 0.25) is 17.6 Å². The molecular formula is C16H18FN11O4. The van der Waals surface area contributed by atoms with Crippen LogP contribution in [0.25, 0.3) is 11.2 Å². The van der Waals surface area contributed by atoms with E-state index in [0.29, 0.717) is 41.3 Å². The predicted molar refractivity (Wildman–Crippen MR) is 111 cm³/mol. The van der Waals surface area contributed by atoms with E-state index in [-0.39, 0.29) is 5.95 Å². The SMILES string of the molecule is COc1nc(N)nc2nc[nH]c12.O=c1[nH]cc(F)c(=O)[nH]1.O[C@@H]1CN=CNc2nc[nH]c21. The molecule has 1 atom stereocenters. The van der Waals surface area contributed by atoms with Gasteiger partial charge in [0.05, 0.1) is 38.3 Å². The van der Waals surface area contributed by atoms with Crippen LogP contribution in [0.5, 0.6) is 5.88 Å². The van der Waals surface area contributed by atoms with Crippen LogP contribution in [0.2, 0.25) is 0 Å². The van der Waals surface area contributed by atoms with E-state index in [1.807, 2.05) is 4.98 Å². The van der Waals surface area contributed by atoms with Crippen LogP contribution in [-0.2, 0) is 0 Å². The highest BCUT2D eigenvalue weighted by molar-refractivity contribution is 5.76. The molecule has 0 fully saturated rings. The number of aliphatic hydroxyl groups is 1. The first-order chi connectivity index (χ1) is 15.4. The average molecular weight is 447 g/mol. The first-order valence-electron chi connectivity index (χ1n) is 8.83. The van der Waals surface area contributed by atoms with E-state index in [1.165, 1.54) is 19.8 Å². The van der Waals surface area contributed by atoms with Crippen molar-refractivity contribution in [1.82, 2.24) is 39.9 Å². The molecule has 0 unspecified atom stereocenters. The lowest BCUT2D eigenvalue weighted by molar-refractivity contribution is 0.184. The molecule has 8 N–H and O–H groups in total. The summed E-state index contributed by atoms with van der Waals surface area (Å²) in [5.74, 6) is 0.231. The Labute approximate surface area is 177 Å². The Hall–Kier alpha value is -4.60. The van der Waals surface area contributed by atoms with Crippen LogP contribution in [0.3, 0.4) is 0 Å². The second-order valence-electron chi connectivity index (χ2n) is 5.93. The van der Waals surface area contributed by atoms with Crippen molar-refractivity contribution in [3.63, 3.8) is 0 Å². The van der Waals surface area contributed by atoms with E-state index in [1.54, 1.807) is 11.3 Å². The van der Waals surface area contributed by atoms with Gasteiger partial charge in [-0.25, -0.2) is 14.8 Å². The standard InChI is InChI=1S/C6H7N5O.C6H8N4O.C4H3FN2O2/c1-12-5-3-4(9-2-8-3)10-6(7)11-5;11-4-1-7-2-9-6-5(4)8-3-10-6;5-2-1-6-4(9)7-3(2)8/h2H,1H3,(H3,7,8,9,10,11);2-4,11H,1H2,(H,7,9)(H,8,10);1H,(H2,6,7,8,9)/t;4-;/m.1./s1. The van der Waals surface area contributed by atoms with Gasteiger partial charge in [-0.1, -0.05) is 0 Å². The maximum Gasteiger partial charge on any atom is 0.325 e. The minimum Gasteiger partial charge on any atom is -0.479 e. The van der Waals surface area contributed by atoms with Crippen molar-refractivity contribution < 1.29 is 14.2 Å². The molecule has 0 amide bonds. The fourth-order valence-corrected chi connectivity index (χ4v) is 2.39. The summed E-state index contributed by atoms with van der Waals surface area (Å²) < 4.78 is 16.9. The van der Waals surface area contributed by atoms with Gasteiger partial charge < -0.3 is 35.8 Å². The number of nitrogens with two attached hydrogens (primary N) is 1. The molecule has 16 heteroatoms. The molecule has 0 aliphatic carbocycles. The van der Waals surface area contributed by atoms with Crippen molar-refractivity contribution in [3.8, 4) is 5.88 Å². The molecule has 168 valence electrons. The van der Waals surface area contributed by atoms with E-state index in [4.69, 9.17) is 10.5 Å². The number of aromatic nitrogens is 8. The number of aliphatic imine (C=N–C) groups is 1. The molecule has 5 rings (SSSR count). The third-order valence-corrected chi connectivity index (χ3v) is 3.81. The number of anilines is 2. The molecule has 1 aliphatic rings. The van der Waals surface area contributed by atoms with Crippen LogP contribution in [0.1, 0.15) is 11.8 Å². The van der Waals surface area contributed by atoms with Crippen LogP contribution < -0.4 is 27.0 Å². The molecule has 5 heterocycles. The quantitative estimate of drug-likeness (QED) is 0.189. The molecule has 0 bridgehead atoms. The molecule has 0 saturated carbocycles. The Morgan fingerprint density at radius 2 is 1.97 bits per heavy atom. The summed E-state index contributed by atoms with van der Waals surface area (Å²) in [7, 11) is 1.52. The van der Waals surface area contributed by atoms with Gasteiger partial charge in [-0.05, 0) is 0 Å². The highest BCUT2D eigenvalue weighted by Gasteiger charge is 2.15. The number of H-pyrrole nitrogens is 4. The van der Waals surface area contributed by atoms with E-state index >= 15 is 0 Å². The Morgan fingerprint density at radius 1 is 1.19 bits per heavy atom. The molecule has 0 spiro atoms. The molecule has 0 saturated heterocycles. The van der Waals surface area contributed by atoms with Crippen LogP contribution in [0, 0.1) is 5.82 Å². The molecule has 0 aromatic carbocycles. The largest absolute Gasteiger partial charge is 0.479 e. The van der Waals surface area contributed by atoms with Gasteiger partial charge in [0.25, 0.3) is 5.56 Å². The summed E-state index contributed by atoms with van der Waals surface area (Å²) in [5.41, 5.74) is 5.56. The van der Waals surface area contributed by atoms with Gasteiger partial charge in [-0.3, -0.25) is 14.8 Å². The Bertz CT molecular complexity index is 1330. The van der Waals surface area contributed by atoms with E-state index < -0.39 is 23.2 Å². The Morgan fingerprint density at radius 3 is 2.69 bits per heavy atom. The number of hydrogen-bond acceptors (Lipinski definition) is 11. The maximum absolute atomic E-state index is 12.0. The number of aliphatic hydroxyl groups excluding tert-OH is 1. The topological polar surface area (TPSA) is 229 Å². The first-order valence-corrected chi connectivity index (χ1v) is 8.83. The zero-order chi connectivity index (χ0) is 23.1. The fourth-order valence-electron chi connectivity index (χ4n) is 2.39. The summed E-state index contributed by atoms with van der Waals surface area (Å²) in [5, 5.41) is 12.2. The highest BCUT2D eigenvalue weighted by Crippen LogP contribution is 2.20. The molecule has 1 aliphatic heterocycles. The molecule has 32 heavy (non-hydrogen) atoms. The summed E-state index contributed by atoms with van der Waals surface area (Å²) in [6, 6.07) is 0. The van der Waals surface area contributed by atoms with Crippen molar-refractivity contribution in [3.05, 3.63) is 51.2 Å². The van der Waals surface area contributed by atoms with E-state index in [2.05, 4.69) is 40.2 Å². The van der Waals surface area contributed by atoms with E-state index in [0.717, 1.165) is 0 Å². The summed E-state index contributed by atoms with van der Waals surface area (Å²) in [6.07, 6.45) is 4.73. The highest BCUT2D eigenvalue weighted by atomic mass is 19.1. The lowest BCUT2D eigenvalue weighted by atomic mass is 10.2. The number of fused-ring (bicyclic) bond motifs is 2. The molecule has 4 aromatic rings. The van der Waals surface area contributed by atoms with Crippen LogP contribution in [0.15, 0.2) is 33.4 Å². The second kappa shape index (κ2) is 9.94. The molecule has 0 radical (unpaired) electrons. The minimum absolute atomic E-state index is 0.159. The number of nitrogens with one attached hydrogen (secondary N) is 5. The van der Waals surface area contributed by atoms with Gasteiger partial charge in [0, 0.05) is 6.20 Å². The number of rotatable bonds is 1. The number of methoxy groups -OCH3 is 1. The van der Waals surface area contributed by atoms with Gasteiger partial charge >= 0.3 is 5.69 Å². The van der Waals surface area contributed by atoms with Crippen molar-refractivity contribution in [2.24, 2.45) is 4.99 Å². The normalized spacial score (nSPS) is 14.2. The lowest BCUT2D eigenvalue weighted by Crippen LogP contribution is -2.23. The summed E-state index contributed by atoms with van der Waals surface area (Å²) >= 11 is 0. The van der Waals surface area contributed by atoms with Crippen molar-refractivity contribution >= 4 is 29.3 Å². The summed E-state index contributed by atoms with van der Waals surface area (Å²) in [6.45, 7) is 0.377. The first kappa shape index (κ1) is 22.1. The van der Waals surface area contributed by atoms with Crippen molar-refractivity contribution in [1.29, 1.82) is 0 Å². The van der Waals surface area contributed by atoms with Gasteiger partial charge in [0.1, 0.15) is 11.6 Å². The Balaban J connectivity index is 0.000000137. The zero-order valence-electron chi connectivity index (χ0n) is 16.5. The molecule has 4 aromatic heterocycles. The van der Waals surface area contributed by atoms with Crippen LogP contribution in [-0.4, -0.2) is 65.0 Å². The number of aromatic amines is 4. The smallest absolute Gasteiger partial charge is 0.325 e. The maximum atomic E-state index is 12.0. The molecule has 15 nitrogen and oxygen atoms in total. The van der Waals surface area contributed by atoms with E-state index in [9.17, 15) is 19.1 Å². The van der Waals surface area contributed by atoms with Crippen LogP contribution in [0.4, 0.5) is 16.2 Å². The number of nitrogen functional groups attached to an aromatic ring is 1. The minimum atomic E-state index is -1.00. The van der Waals surface area contributed by atoms with Crippen molar-refractivity contribution in [2.75, 3.05) is 24.7 Å². The fraction of sp³-hybridized carbons (Fsp3) is 0.188. The monoisotopic (exact) mass is 447 g/mol. The van der Waals surface area contributed by atoms with Gasteiger partial charge in [0.15, 0.2) is 11.5 Å². The summed E-state index contributed by atoms with van der Waals surface area (Å²) in [4.78, 5) is 49.2. The Kier molecular flexibility index (Phi) is 6.86. The second-order valence-corrected chi connectivity index (χ2v) is 5.93. The lowest BCUT2D eigenvalue weighted by Gasteiger charge is -2.02. The van der Waals surface area contributed by atoms with Gasteiger partial charge in [-0.2, -0.15) is 14.4 Å². The van der Waals surface area contributed by atoms with Crippen LogP contribution >= 0.6 is 0 Å². The number of halogens is 1. The predicted octanol–water partition coefficient (Wildman–Crippen LogP) is -0.957. The number of hydrogen-bond donors (Lipinski definition) is 7. The van der Waals surface area contributed by atoms with Crippen molar-refractivity contribution in [2.45, 2.75) is 6.10 Å². The molecular weight excluding hydrogens is 429 g/mol. The average Bonchev–Trinajstić information content (AvgIpc) is 3.40. The number of nitrogens with zero attached hydrogens (tertiary/aromatic N) is 5. The third kappa shape index (κ3) is 5.30. The third-order valence-electron chi connectivity index (χ3n) is 3.81. The van der Waals surface area contributed by atoms with Gasteiger partial charge in [-0.15, -0.1) is 0 Å². The number of imidazole rings is 2. The zero-order valence-corrected chi connectivity index (χ0v) is 16.5. The number of ether oxygens (including phenoxy) is 1.